The molecule has 0 saturated carbocycles. The molecule has 0 fully saturated rings. The summed E-state index contributed by atoms with van der Waals surface area (Å²) in [6, 6.07) is 15.0. The number of hydrogen-bond donors (Lipinski definition) is 1. The van der Waals surface area contributed by atoms with Crippen molar-refractivity contribution in [2.24, 2.45) is 0 Å². The van der Waals surface area contributed by atoms with Crippen LogP contribution in [0, 0.1) is 0 Å². The standard InChI is InChI=1S/C25H19ClF3N3O3/c1-34-17-9-7-16(8-10-17)30-13-19(24(33)35-2)20-14-32(22-6-4-3-5-18(20)22)23-21(26)11-15(12-31-23)25(27,28)29/h3-14,30H,1-2H3. The van der Waals surface area contributed by atoms with Crippen LogP contribution in [0.1, 0.15) is 11.1 Å². The minimum absolute atomic E-state index is 0.0921. The van der Waals surface area contributed by atoms with Gasteiger partial charge in [-0.2, -0.15) is 13.2 Å². The van der Waals surface area contributed by atoms with Crippen LogP contribution in [0.15, 0.2) is 73.2 Å². The number of benzene rings is 2. The minimum Gasteiger partial charge on any atom is -0.497 e. The molecule has 4 rings (SSSR count). The summed E-state index contributed by atoms with van der Waals surface area (Å²) in [5.41, 5.74) is 1.01. The summed E-state index contributed by atoms with van der Waals surface area (Å²) in [5.74, 6) is 0.159. The van der Waals surface area contributed by atoms with Crippen LogP contribution < -0.4 is 10.1 Å². The van der Waals surface area contributed by atoms with Crippen LogP contribution in [-0.2, 0) is 15.7 Å². The molecule has 6 nitrogen and oxygen atoms in total. The Morgan fingerprint density at radius 1 is 1.11 bits per heavy atom. The van der Waals surface area contributed by atoms with E-state index in [4.69, 9.17) is 21.1 Å². The quantitative estimate of drug-likeness (QED) is 0.247. The zero-order chi connectivity index (χ0) is 25.2. The number of pyridine rings is 1. The van der Waals surface area contributed by atoms with E-state index < -0.39 is 17.7 Å². The highest BCUT2D eigenvalue weighted by Gasteiger charge is 2.32. The second-order valence-corrected chi connectivity index (χ2v) is 7.79. The first-order chi connectivity index (χ1) is 16.7. The van der Waals surface area contributed by atoms with Gasteiger partial charge in [0.25, 0.3) is 0 Å². The van der Waals surface area contributed by atoms with Crippen molar-refractivity contribution in [3.05, 3.63) is 89.3 Å². The lowest BCUT2D eigenvalue weighted by atomic mass is 10.1. The van der Waals surface area contributed by atoms with E-state index in [1.807, 2.05) is 0 Å². The van der Waals surface area contributed by atoms with Gasteiger partial charge in [0.2, 0.25) is 0 Å². The van der Waals surface area contributed by atoms with Crippen LogP contribution in [0.2, 0.25) is 5.02 Å². The zero-order valence-corrected chi connectivity index (χ0v) is 19.3. The van der Waals surface area contributed by atoms with Crippen molar-refractivity contribution in [1.29, 1.82) is 0 Å². The Kier molecular flexibility index (Phi) is 6.70. The number of fused-ring (bicyclic) bond motifs is 1. The molecular formula is C25H19ClF3N3O3. The highest BCUT2D eigenvalue weighted by Crippen LogP contribution is 2.35. The average Bonchev–Trinajstić information content (AvgIpc) is 3.23. The molecule has 0 atom stereocenters. The molecule has 2 aromatic carbocycles. The maximum Gasteiger partial charge on any atom is 0.417 e. The molecule has 10 heteroatoms. The van der Waals surface area contributed by atoms with E-state index in [1.54, 1.807) is 61.8 Å². The molecule has 1 N–H and O–H groups in total. The second-order valence-electron chi connectivity index (χ2n) is 7.38. The first-order valence-electron chi connectivity index (χ1n) is 10.3. The van der Waals surface area contributed by atoms with Crippen molar-refractivity contribution in [3.63, 3.8) is 0 Å². The molecule has 0 aliphatic heterocycles. The molecule has 0 bridgehead atoms. The smallest absolute Gasteiger partial charge is 0.417 e. The van der Waals surface area contributed by atoms with Crippen molar-refractivity contribution in [3.8, 4) is 11.6 Å². The third kappa shape index (κ3) is 4.95. The Labute approximate surface area is 203 Å². The number of hydrogen-bond acceptors (Lipinski definition) is 5. The molecule has 180 valence electrons. The maximum absolute atomic E-state index is 13.1. The number of aromatic nitrogens is 2. The van der Waals surface area contributed by atoms with Gasteiger partial charge in [-0.25, -0.2) is 9.78 Å². The van der Waals surface area contributed by atoms with E-state index in [9.17, 15) is 18.0 Å². The number of anilines is 1. The Morgan fingerprint density at radius 2 is 1.83 bits per heavy atom. The normalized spacial score (nSPS) is 12.0. The van der Waals surface area contributed by atoms with Crippen molar-refractivity contribution in [2.45, 2.75) is 6.18 Å². The molecule has 0 aliphatic rings. The fraction of sp³-hybridized carbons (Fsp3) is 0.120. The number of esters is 1. The molecule has 2 heterocycles. The van der Waals surface area contributed by atoms with Crippen molar-refractivity contribution >= 4 is 39.7 Å². The third-order valence-electron chi connectivity index (χ3n) is 5.26. The van der Waals surface area contributed by atoms with E-state index in [2.05, 4.69) is 10.3 Å². The van der Waals surface area contributed by atoms with E-state index >= 15 is 0 Å². The summed E-state index contributed by atoms with van der Waals surface area (Å²) in [6.07, 6.45) is -0.767. The van der Waals surface area contributed by atoms with E-state index in [-0.39, 0.29) is 16.4 Å². The van der Waals surface area contributed by atoms with Gasteiger partial charge in [-0.15, -0.1) is 0 Å². The number of nitrogens with one attached hydrogen (secondary N) is 1. The van der Waals surface area contributed by atoms with E-state index in [0.29, 0.717) is 27.9 Å². The van der Waals surface area contributed by atoms with Gasteiger partial charge in [0.15, 0.2) is 5.82 Å². The lowest BCUT2D eigenvalue weighted by molar-refractivity contribution is -0.138. The number of halogens is 4. The van der Waals surface area contributed by atoms with Crippen molar-refractivity contribution in [2.75, 3.05) is 19.5 Å². The summed E-state index contributed by atoms with van der Waals surface area (Å²) >= 11 is 6.20. The first kappa shape index (κ1) is 24.2. The molecule has 0 spiro atoms. The predicted octanol–water partition coefficient (Wildman–Crippen LogP) is 6.33. The number of carbonyl (C=O) groups is 1. The summed E-state index contributed by atoms with van der Waals surface area (Å²) in [5, 5.41) is 3.53. The van der Waals surface area contributed by atoms with Crippen molar-refractivity contribution in [1.82, 2.24) is 9.55 Å². The lowest BCUT2D eigenvalue weighted by Gasteiger charge is -2.10. The maximum atomic E-state index is 13.1. The van der Waals surface area contributed by atoms with Gasteiger partial charge in [0, 0.05) is 35.2 Å². The van der Waals surface area contributed by atoms with Crippen LogP contribution in [0.3, 0.4) is 0 Å². The SMILES string of the molecule is COC(=O)C(=CNc1ccc(OC)cc1)c1cn(-c2ncc(C(F)(F)F)cc2Cl)c2ccccc12. The van der Waals surface area contributed by atoms with Gasteiger partial charge < -0.3 is 14.8 Å². The molecule has 35 heavy (non-hydrogen) atoms. The van der Waals surface area contributed by atoms with Crippen LogP contribution in [0.25, 0.3) is 22.3 Å². The predicted molar refractivity (Wildman–Crippen MR) is 128 cm³/mol. The van der Waals surface area contributed by atoms with Gasteiger partial charge in [0.05, 0.1) is 35.9 Å². The summed E-state index contributed by atoms with van der Waals surface area (Å²) in [4.78, 5) is 16.7. The van der Waals surface area contributed by atoms with Crippen LogP contribution >= 0.6 is 11.6 Å². The lowest BCUT2D eigenvalue weighted by Crippen LogP contribution is -2.07. The number of rotatable bonds is 6. The van der Waals surface area contributed by atoms with Crippen LogP contribution in [0.4, 0.5) is 18.9 Å². The largest absolute Gasteiger partial charge is 0.497 e. The fourth-order valence-corrected chi connectivity index (χ4v) is 3.79. The number of carbonyl (C=O) groups excluding carboxylic acids is 1. The van der Waals surface area contributed by atoms with E-state index in [0.717, 1.165) is 12.3 Å². The molecule has 0 saturated heterocycles. The number of nitrogens with zero attached hydrogens (tertiary/aromatic N) is 2. The molecular weight excluding hydrogens is 483 g/mol. The fourth-order valence-electron chi connectivity index (χ4n) is 3.53. The Bertz CT molecular complexity index is 1410. The topological polar surface area (TPSA) is 65.4 Å². The minimum atomic E-state index is -4.58. The summed E-state index contributed by atoms with van der Waals surface area (Å²) < 4.78 is 50.9. The molecule has 0 unspecified atom stereocenters. The number of ether oxygens (including phenoxy) is 2. The average molecular weight is 502 g/mol. The van der Waals surface area contributed by atoms with Crippen LogP contribution in [0.5, 0.6) is 5.75 Å². The van der Waals surface area contributed by atoms with Crippen LogP contribution in [-0.4, -0.2) is 29.7 Å². The van der Waals surface area contributed by atoms with Gasteiger partial charge in [-0.1, -0.05) is 29.8 Å². The highest BCUT2D eigenvalue weighted by atomic mass is 35.5. The number of alkyl halides is 3. The van der Waals surface area contributed by atoms with Gasteiger partial charge >= 0.3 is 12.1 Å². The molecule has 2 aromatic heterocycles. The first-order valence-corrected chi connectivity index (χ1v) is 10.6. The highest BCUT2D eigenvalue weighted by molar-refractivity contribution is 6.32. The summed E-state index contributed by atoms with van der Waals surface area (Å²) in [6.45, 7) is 0. The van der Waals surface area contributed by atoms with Gasteiger partial charge in [0.1, 0.15) is 5.75 Å². The zero-order valence-electron chi connectivity index (χ0n) is 18.6. The second kappa shape index (κ2) is 9.71. The molecule has 4 aromatic rings. The van der Waals surface area contributed by atoms with Crippen molar-refractivity contribution < 1.29 is 27.4 Å². The Morgan fingerprint density at radius 3 is 2.46 bits per heavy atom. The van der Waals surface area contributed by atoms with E-state index in [1.165, 1.54) is 17.9 Å². The van der Waals surface area contributed by atoms with Gasteiger partial charge in [-0.05, 0) is 36.4 Å². The Balaban J connectivity index is 1.82. The monoisotopic (exact) mass is 501 g/mol. The number of methoxy groups -OCH3 is 2. The third-order valence-corrected chi connectivity index (χ3v) is 5.54. The molecule has 0 amide bonds. The summed E-state index contributed by atoms with van der Waals surface area (Å²) in [7, 11) is 2.82. The number of para-hydroxylation sites is 1. The van der Waals surface area contributed by atoms with Gasteiger partial charge in [-0.3, -0.25) is 4.57 Å². The molecule has 0 aliphatic carbocycles. The Hall–Kier alpha value is -3.98. The molecule has 0 radical (unpaired) electrons.